The van der Waals surface area contributed by atoms with Gasteiger partial charge in [-0.05, 0) is 53.9 Å². The van der Waals surface area contributed by atoms with Gasteiger partial charge in [0.2, 0.25) is 11.8 Å². The summed E-state index contributed by atoms with van der Waals surface area (Å²) in [5, 5.41) is 3.36. The normalized spacial score (nSPS) is 17.1. The van der Waals surface area contributed by atoms with Crippen molar-refractivity contribution in [1.29, 1.82) is 0 Å². The third-order valence-electron chi connectivity index (χ3n) is 5.29. The van der Waals surface area contributed by atoms with E-state index in [1.807, 2.05) is 30.3 Å². The fourth-order valence-electron chi connectivity index (χ4n) is 3.48. The van der Waals surface area contributed by atoms with E-state index >= 15 is 0 Å². The molecule has 4 rings (SSSR count). The summed E-state index contributed by atoms with van der Waals surface area (Å²) in [6.45, 7) is 0.720. The van der Waals surface area contributed by atoms with E-state index in [2.05, 4.69) is 10.3 Å². The first-order valence-electron chi connectivity index (χ1n) is 10.9. The molecule has 1 heterocycles. The Balaban J connectivity index is 1.49. The summed E-state index contributed by atoms with van der Waals surface area (Å²) < 4.78 is 13.3. The molecule has 5 nitrogen and oxygen atoms in total. The molecule has 1 unspecified atom stereocenters. The van der Waals surface area contributed by atoms with Crippen molar-refractivity contribution in [3.8, 4) is 0 Å². The first kappa shape index (κ1) is 24.0. The monoisotopic (exact) mass is 495 g/mol. The molecule has 1 aliphatic heterocycles. The van der Waals surface area contributed by atoms with Crippen LogP contribution >= 0.6 is 23.4 Å². The van der Waals surface area contributed by atoms with Gasteiger partial charge in [0.25, 0.3) is 0 Å². The third kappa shape index (κ3) is 6.46. The highest BCUT2D eigenvalue weighted by Crippen LogP contribution is 2.30. The van der Waals surface area contributed by atoms with Gasteiger partial charge in [0, 0.05) is 18.0 Å². The van der Waals surface area contributed by atoms with Gasteiger partial charge in [-0.2, -0.15) is 0 Å². The van der Waals surface area contributed by atoms with Crippen molar-refractivity contribution in [3.63, 3.8) is 0 Å². The molecule has 3 aromatic carbocycles. The molecule has 0 bridgehead atoms. The number of benzene rings is 3. The SMILES string of the molecule is O=C(NCCc1ccccc1)C1CC(=O)N(Cc2ccc(F)cc2)C(=Nc2ccc(Cl)cc2)S1. The average Bonchev–Trinajstić information content (AvgIpc) is 2.84. The molecule has 1 N–H and O–H groups in total. The van der Waals surface area contributed by atoms with E-state index in [9.17, 15) is 14.0 Å². The predicted octanol–water partition coefficient (Wildman–Crippen LogP) is 5.36. The summed E-state index contributed by atoms with van der Waals surface area (Å²) in [5.41, 5.74) is 2.52. The minimum absolute atomic E-state index is 0.0582. The van der Waals surface area contributed by atoms with Gasteiger partial charge in [-0.15, -0.1) is 0 Å². The van der Waals surface area contributed by atoms with Crippen LogP contribution < -0.4 is 5.32 Å². The van der Waals surface area contributed by atoms with Gasteiger partial charge in [0.05, 0.1) is 17.5 Å². The van der Waals surface area contributed by atoms with Crippen LogP contribution in [0.15, 0.2) is 83.9 Å². The number of amides is 2. The van der Waals surface area contributed by atoms with E-state index in [-0.39, 0.29) is 30.6 Å². The van der Waals surface area contributed by atoms with Crippen molar-refractivity contribution in [3.05, 3.63) is 101 Å². The van der Waals surface area contributed by atoms with E-state index in [0.29, 0.717) is 28.8 Å². The van der Waals surface area contributed by atoms with Crippen LogP contribution in [0.3, 0.4) is 0 Å². The number of hydrogen-bond acceptors (Lipinski definition) is 4. The van der Waals surface area contributed by atoms with Gasteiger partial charge in [-0.3, -0.25) is 14.5 Å². The summed E-state index contributed by atoms with van der Waals surface area (Å²) in [5.74, 6) is -0.746. The zero-order chi connectivity index (χ0) is 23.9. The smallest absolute Gasteiger partial charge is 0.234 e. The maximum atomic E-state index is 13.3. The minimum atomic E-state index is -0.584. The molecule has 0 radical (unpaired) electrons. The molecule has 174 valence electrons. The topological polar surface area (TPSA) is 61.8 Å². The van der Waals surface area contributed by atoms with Crippen molar-refractivity contribution < 1.29 is 14.0 Å². The lowest BCUT2D eigenvalue weighted by atomic mass is 10.1. The fourth-order valence-corrected chi connectivity index (χ4v) is 4.73. The predicted molar refractivity (Wildman–Crippen MR) is 135 cm³/mol. The van der Waals surface area contributed by atoms with Crippen LogP contribution in [0.2, 0.25) is 5.02 Å². The van der Waals surface area contributed by atoms with Gasteiger partial charge in [0.15, 0.2) is 5.17 Å². The molecule has 34 heavy (non-hydrogen) atoms. The first-order chi connectivity index (χ1) is 16.5. The molecule has 1 saturated heterocycles. The lowest BCUT2D eigenvalue weighted by Gasteiger charge is -2.32. The van der Waals surface area contributed by atoms with E-state index in [1.165, 1.54) is 23.9 Å². The van der Waals surface area contributed by atoms with Gasteiger partial charge in [-0.1, -0.05) is 65.8 Å². The Morgan fingerprint density at radius 2 is 1.74 bits per heavy atom. The number of rotatable bonds is 7. The zero-order valence-corrected chi connectivity index (χ0v) is 19.9. The first-order valence-corrected chi connectivity index (χ1v) is 12.1. The standard InChI is InChI=1S/C26H23ClFN3O2S/c27-20-8-12-22(13-9-20)30-26-31(17-19-6-10-21(28)11-7-19)24(32)16-23(34-26)25(33)29-15-14-18-4-2-1-3-5-18/h1-13,23H,14-17H2,(H,29,33). The molecule has 0 aliphatic carbocycles. The van der Waals surface area contributed by atoms with Crippen molar-refractivity contribution in [2.45, 2.75) is 24.6 Å². The second-order valence-electron chi connectivity index (χ2n) is 7.81. The number of nitrogens with zero attached hydrogens (tertiary/aromatic N) is 2. The number of thioether (sulfide) groups is 1. The van der Waals surface area contributed by atoms with Crippen LogP contribution in [-0.2, 0) is 22.6 Å². The summed E-state index contributed by atoms with van der Waals surface area (Å²) in [6, 6.07) is 22.8. The largest absolute Gasteiger partial charge is 0.355 e. The molecule has 2 amide bonds. The molecule has 0 spiro atoms. The summed E-state index contributed by atoms with van der Waals surface area (Å²) in [4.78, 5) is 32.1. The number of carbonyl (C=O) groups excluding carboxylic acids is 2. The van der Waals surface area contributed by atoms with Crippen LogP contribution in [0.25, 0.3) is 0 Å². The van der Waals surface area contributed by atoms with E-state index in [1.54, 1.807) is 41.3 Å². The average molecular weight is 496 g/mol. The molecule has 1 fully saturated rings. The van der Waals surface area contributed by atoms with E-state index in [4.69, 9.17) is 11.6 Å². The Hall–Kier alpha value is -3.16. The van der Waals surface area contributed by atoms with Crippen LogP contribution in [0.4, 0.5) is 10.1 Å². The number of hydrogen-bond donors (Lipinski definition) is 1. The lowest BCUT2D eigenvalue weighted by molar-refractivity contribution is -0.130. The number of nitrogens with one attached hydrogen (secondary N) is 1. The molecule has 3 aromatic rings. The fraction of sp³-hybridized carbons (Fsp3) is 0.192. The summed E-state index contributed by atoms with van der Waals surface area (Å²) >= 11 is 7.24. The Morgan fingerprint density at radius 1 is 1.03 bits per heavy atom. The Bertz CT molecular complexity index is 1170. The highest BCUT2D eigenvalue weighted by Gasteiger charge is 2.35. The molecular formula is C26H23ClFN3O2S. The Kier molecular flexibility index (Phi) is 7.98. The van der Waals surface area contributed by atoms with Crippen LogP contribution in [-0.4, -0.2) is 33.7 Å². The number of aliphatic imine (C=N–C) groups is 1. The van der Waals surface area contributed by atoms with E-state index in [0.717, 1.165) is 11.1 Å². The van der Waals surface area contributed by atoms with Gasteiger partial charge in [-0.25, -0.2) is 9.38 Å². The minimum Gasteiger partial charge on any atom is -0.355 e. The summed E-state index contributed by atoms with van der Waals surface area (Å²) in [6.07, 6.45) is 0.767. The molecule has 0 aromatic heterocycles. The highest BCUT2D eigenvalue weighted by molar-refractivity contribution is 8.15. The maximum Gasteiger partial charge on any atom is 0.234 e. The third-order valence-corrected chi connectivity index (χ3v) is 6.73. The molecule has 0 saturated carbocycles. The zero-order valence-electron chi connectivity index (χ0n) is 18.3. The lowest BCUT2D eigenvalue weighted by Crippen LogP contribution is -2.46. The second-order valence-corrected chi connectivity index (χ2v) is 9.42. The van der Waals surface area contributed by atoms with Gasteiger partial charge < -0.3 is 5.32 Å². The van der Waals surface area contributed by atoms with Crippen molar-refractivity contribution in [2.24, 2.45) is 4.99 Å². The molecular weight excluding hydrogens is 473 g/mol. The number of amidine groups is 1. The second kappa shape index (κ2) is 11.3. The Morgan fingerprint density at radius 3 is 2.44 bits per heavy atom. The molecule has 8 heteroatoms. The quantitative estimate of drug-likeness (QED) is 0.480. The van der Waals surface area contributed by atoms with E-state index < -0.39 is 5.25 Å². The van der Waals surface area contributed by atoms with Crippen molar-refractivity contribution in [1.82, 2.24) is 10.2 Å². The van der Waals surface area contributed by atoms with Crippen LogP contribution in [0.5, 0.6) is 0 Å². The summed E-state index contributed by atoms with van der Waals surface area (Å²) in [7, 11) is 0. The van der Waals surface area contributed by atoms with Crippen molar-refractivity contribution >= 4 is 46.0 Å². The van der Waals surface area contributed by atoms with Crippen LogP contribution in [0, 0.1) is 5.82 Å². The molecule has 1 aliphatic rings. The van der Waals surface area contributed by atoms with Gasteiger partial charge >= 0.3 is 0 Å². The number of carbonyl (C=O) groups is 2. The Labute approximate surface area is 207 Å². The maximum absolute atomic E-state index is 13.3. The number of halogens is 2. The van der Waals surface area contributed by atoms with Crippen LogP contribution in [0.1, 0.15) is 17.5 Å². The van der Waals surface area contributed by atoms with Gasteiger partial charge in [0.1, 0.15) is 5.82 Å². The molecule has 1 atom stereocenters. The van der Waals surface area contributed by atoms with Crippen molar-refractivity contribution in [2.75, 3.05) is 6.54 Å². The highest BCUT2D eigenvalue weighted by atomic mass is 35.5.